The molecule has 0 spiro atoms. The average Bonchev–Trinajstić information content (AvgIpc) is 2.47. The standard InChI is InChI=1S/C12H13NO2/c1-7-3-5-9(6-4-7)11-10(13)8(2)12(14)15-11/h3-6,11H,13H2,1-2H3. The Morgan fingerprint density at radius 2 is 1.80 bits per heavy atom. The van der Waals surface area contributed by atoms with Crippen molar-refractivity contribution >= 4 is 5.97 Å². The molecular weight excluding hydrogens is 190 g/mol. The van der Waals surface area contributed by atoms with Crippen LogP contribution in [0.25, 0.3) is 0 Å². The zero-order chi connectivity index (χ0) is 11.0. The van der Waals surface area contributed by atoms with Crippen LogP contribution in [0, 0.1) is 6.92 Å². The Bertz CT molecular complexity index is 431. The number of carbonyl (C=O) groups excluding carboxylic acids is 1. The molecule has 0 amide bonds. The van der Waals surface area contributed by atoms with Gasteiger partial charge in [0.25, 0.3) is 0 Å². The number of rotatable bonds is 1. The van der Waals surface area contributed by atoms with Gasteiger partial charge in [-0.2, -0.15) is 0 Å². The lowest BCUT2D eigenvalue weighted by molar-refractivity contribution is -0.140. The lowest BCUT2D eigenvalue weighted by Crippen LogP contribution is -2.08. The molecule has 0 aliphatic carbocycles. The Kier molecular flexibility index (Phi) is 2.23. The predicted octanol–water partition coefficient (Wildman–Crippen LogP) is 1.83. The van der Waals surface area contributed by atoms with Gasteiger partial charge in [-0.15, -0.1) is 0 Å². The largest absolute Gasteiger partial charge is 0.448 e. The van der Waals surface area contributed by atoms with E-state index >= 15 is 0 Å². The maximum atomic E-state index is 11.3. The molecule has 0 radical (unpaired) electrons. The van der Waals surface area contributed by atoms with Crippen LogP contribution in [0.1, 0.15) is 24.2 Å². The smallest absolute Gasteiger partial charge is 0.336 e. The number of nitrogens with two attached hydrogens (primary N) is 1. The van der Waals surface area contributed by atoms with Crippen molar-refractivity contribution in [3.63, 3.8) is 0 Å². The van der Waals surface area contributed by atoms with E-state index in [1.807, 2.05) is 31.2 Å². The summed E-state index contributed by atoms with van der Waals surface area (Å²) in [7, 11) is 0. The van der Waals surface area contributed by atoms with E-state index in [4.69, 9.17) is 10.5 Å². The highest BCUT2D eigenvalue weighted by Gasteiger charge is 2.30. The van der Waals surface area contributed by atoms with Gasteiger partial charge in [0.2, 0.25) is 0 Å². The van der Waals surface area contributed by atoms with Crippen molar-refractivity contribution in [1.82, 2.24) is 0 Å². The quantitative estimate of drug-likeness (QED) is 0.708. The summed E-state index contributed by atoms with van der Waals surface area (Å²) in [4.78, 5) is 11.3. The Hall–Kier alpha value is -1.77. The number of benzene rings is 1. The van der Waals surface area contributed by atoms with Gasteiger partial charge < -0.3 is 10.5 Å². The van der Waals surface area contributed by atoms with Crippen LogP contribution in [0.4, 0.5) is 0 Å². The summed E-state index contributed by atoms with van der Waals surface area (Å²) >= 11 is 0. The van der Waals surface area contributed by atoms with E-state index in [0.717, 1.165) is 5.56 Å². The van der Waals surface area contributed by atoms with Crippen LogP contribution < -0.4 is 5.73 Å². The van der Waals surface area contributed by atoms with E-state index in [2.05, 4.69) is 0 Å². The average molecular weight is 203 g/mol. The molecule has 0 saturated heterocycles. The van der Waals surface area contributed by atoms with Crippen molar-refractivity contribution in [3.05, 3.63) is 46.7 Å². The summed E-state index contributed by atoms with van der Waals surface area (Å²) in [5, 5.41) is 0. The lowest BCUT2D eigenvalue weighted by Gasteiger charge is -2.11. The first-order valence-electron chi connectivity index (χ1n) is 4.83. The van der Waals surface area contributed by atoms with Crippen molar-refractivity contribution in [2.24, 2.45) is 5.73 Å². The van der Waals surface area contributed by atoms with Crippen LogP contribution in [0.3, 0.4) is 0 Å². The molecule has 3 nitrogen and oxygen atoms in total. The van der Waals surface area contributed by atoms with Crippen LogP contribution in [0.15, 0.2) is 35.5 Å². The van der Waals surface area contributed by atoms with Crippen LogP contribution >= 0.6 is 0 Å². The number of ether oxygens (including phenoxy) is 1. The maximum Gasteiger partial charge on any atom is 0.336 e. The van der Waals surface area contributed by atoms with Crippen LogP contribution in [0.5, 0.6) is 0 Å². The van der Waals surface area contributed by atoms with Gasteiger partial charge in [-0.1, -0.05) is 29.8 Å². The molecule has 0 bridgehead atoms. The van der Waals surface area contributed by atoms with Gasteiger partial charge in [-0.05, 0) is 19.4 Å². The van der Waals surface area contributed by atoms with Crippen molar-refractivity contribution in [3.8, 4) is 0 Å². The SMILES string of the molecule is CC1=C(N)C(c2ccc(C)cc2)OC1=O. The fourth-order valence-electron chi connectivity index (χ4n) is 1.56. The van der Waals surface area contributed by atoms with Gasteiger partial charge in [0.15, 0.2) is 6.10 Å². The van der Waals surface area contributed by atoms with Crippen LogP contribution in [-0.2, 0) is 9.53 Å². The molecule has 2 N–H and O–H groups in total. The molecule has 1 aromatic rings. The number of esters is 1. The third-order valence-corrected chi connectivity index (χ3v) is 2.63. The molecule has 1 unspecified atom stereocenters. The summed E-state index contributed by atoms with van der Waals surface area (Å²) in [5.41, 5.74) is 8.94. The van der Waals surface area contributed by atoms with Crippen molar-refractivity contribution in [1.29, 1.82) is 0 Å². The highest BCUT2D eigenvalue weighted by molar-refractivity contribution is 5.91. The zero-order valence-corrected chi connectivity index (χ0v) is 8.78. The van der Waals surface area contributed by atoms with Gasteiger partial charge in [0.1, 0.15) is 0 Å². The summed E-state index contributed by atoms with van der Waals surface area (Å²) in [5.74, 6) is -0.321. The van der Waals surface area contributed by atoms with Crippen LogP contribution in [0.2, 0.25) is 0 Å². The predicted molar refractivity (Wildman–Crippen MR) is 56.9 cm³/mol. The number of carbonyl (C=O) groups is 1. The number of aryl methyl sites for hydroxylation is 1. The summed E-state index contributed by atoms with van der Waals surface area (Å²) in [6.45, 7) is 3.70. The number of cyclic esters (lactones) is 1. The van der Waals surface area contributed by atoms with E-state index in [9.17, 15) is 4.79 Å². The first-order chi connectivity index (χ1) is 7.09. The van der Waals surface area contributed by atoms with Gasteiger partial charge in [-0.3, -0.25) is 0 Å². The third-order valence-electron chi connectivity index (χ3n) is 2.63. The molecule has 0 saturated carbocycles. The molecule has 1 heterocycles. The molecule has 3 heteroatoms. The molecule has 2 rings (SSSR count). The van der Waals surface area contributed by atoms with E-state index in [-0.39, 0.29) is 5.97 Å². The highest BCUT2D eigenvalue weighted by atomic mass is 16.5. The normalized spacial score (nSPS) is 20.7. The fourth-order valence-corrected chi connectivity index (χ4v) is 1.56. The molecule has 1 atom stereocenters. The molecular formula is C12H13NO2. The van der Waals surface area contributed by atoms with Crippen LogP contribution in [-0.4, -0.2) is 5.97 Å². The molecule has 1 aliphatic rings. The molecule has 1 aliphatic heterocycles. The molecule has 0 fully saturated rings. The van der Waals surface area contributed by atoms with E-state index in [0.29, 0.717) is 11.3 Å². The van der Waals surface area contributed by atoms with Crippen molar-refractivity contribution < 1.29 is 9.53 Å². The first-order valence-corrected chi connectivity index (χ1v) is 4.83. The Labute approximate surface area is 88.5 Å². The molecule has 78 valence electrons. The van der Waals surface area contributed by atoms with Gasteiger partial charge in [-0.25, -0.2) is 4.79 Å². The Morgan fingerprint density at radius 3 is 2.27 bits per heavy atom. The van der Waals surface area contributed by atoms with Crippen molar-refractivity contribution in [2.45, 2.75) is 20.0 Å². The lowest BCUT2D eigenvalue weighted by atomic mass is 10.0. The summed E-state index contributed by atoms with van der Waals surface area (Å²) < 4.78 is 5.17. The minimum Gasteiger partial charge on any atom is -0.448 e. The summed E-state index contributed by atoms with van der Waals surface area (Å²) in [6, 6.07) is 7.81. The first kappa shape index (κ1) is 9.77. The Balaban J connectivity index is 2.35. The molecule has 1 aromatic carbocycles. The second-order valence-electron chi connectivity index (χ2n) is 3.78. The Morgan fingerprint density at radius 1 is 1.20 bits per heavy atom. The van der Waals surface area contributed by atoms with E-state index in [1.165, 1.54) is 5.56 Å². The number of hydrogen-bond donors (Lipinski definition) is 1. The second kappa shape index (κ2) is 3.42. The fraction of sp³-hybridized carbons (Fsp3) is 0.250. The zero-order valence-electron chi connectivity index (χ0n) is 8.78. The van der Waals surface area contributed by atoms with Gasteiger partial charge >= 0.3 is 5.97 Å². The summed E-state index contributed by atoms with van der Waals surface area (Å²) in [6.07, 6.45) is -0.405. The maximum absolute atomic E-state index is 11.3. The molecule has 15 heavy (non-hydrogen) atoms. The molecule has 0 aromatic heterocycles. The minimum atomic E-state index is -0.405. The highest BCUT2D eigenvalue weighted by Crippen LogP contribution is 2.31. The third kappa shape index (κ3) is 1.61. The number of hydrogen-bond acceptors (Lipinski definition) is 3. The second-order valence-corrected chi connectivity index (χ2v) is 3.78. The van der Waals surface area contributed by atoms with E-state index in [1.54, 1.807) is 6.92 Å². The van der Waals surface area contributed by atoms with Gasteiger partial charge in [0.05, 0.1) is 11.3 Å². The topological polar surface area (TPSA) is 52.3 Å². The monoisotopic (exact) mass is 203 g/mol. The van der Waals surface area contributed by atoms with Crippen molar-refractivity contribution in [2.75, 3.05) is 0 Å². The van der Waals surface area contributed by atoms with E-state index < -0.39 is 6.10 Å². The minimum absolute atomic E-state index is 0.321. The van der Waals surface area contributed by atoms with Gasteiger partial charge in [0, 0.05) is 0 Å².